The monoisotopic (exact) mass is 198 g/mol. The van der Waals surface area contributed by atoms with Crippen LogP contribution in [0.2, 0.25) is 0 Å². The van der Waals surface area contributed by atoms with Gasteiger partial charge in [-0.2, -0.15) is 0 Å². The Kier molecular flexibility index (Phi) is 1.82. The average Bonchev–Trinajstić information content (AvgIpc) is 2.58. The number of hydrogen-bond acceptors (Lipinski definition) is 4. The van der Waals surface area contributed by atoms with Crippen molar-refractivity contribution in [3.63, 3.8) is 0 Å². The van der Waals surface area contributed by atoms with Crippen molar-refractivity contribution in [2.45, 2.75) is 6.92 Å². The van der Waals surface area contributed by atoms with Gasteiger partial charge in [-0.25, -0.2) is 0 Å². The summed E-state index contributed by atoms with van der Waals surface area (Å²) in [6.45, 7) is 1.86. The van der Waals surface area contributed by atoms with E-state index in [-0.39, 0.29) is 0 Å². The number of aromatic amines is 1. The van der Waals surface area contributed by atoms with E-state index < -0.39 is 0 Å². The predicted molar refractivity (Wildman–Crippen MR) is 49.7 cm³/mol. The van der Waals surface area contributed by atoms with E-state index in [1.54, 1.807) is 0 Å². The lowest BCUT2D eigenvalue weighted by molar-refractivity contribution is 0.399. The molecule has 2 aromatic rings. The summed E-state index contributed by atoms with van der Waals surface area (Å²) >= 11 is 6.43. The van der Waals surface area contributed by atoms with Gasteiger partial charge in [0.05, 0.1) is 5.69 Å². The van der Waals surface area contributed by atoms with Crippen LogP contribution >= 0.6 is 23.6 Å². The zero-order chi connectivity index (χ0) is 8.55. The normalized spacial score (nSPS) is 10.4. The SMILES string of the molecule is Cc1cc(-c2csc(=S)[nH]2)no1. The van der Waals surface area contributed by atoms with Crippen molar-refractivity contribution in [1.29, 1.82) is 0 Å². The first-order valence-corrected chi connectivity index (χ1v) is 4.66. The van der Waals surface area contributed by atoms with Crippen LogP contribution in [0.25, 0.3) is 11.4 Å². The zero-order valence-corrected chi connectivity index (χ0v) is 7.96. The van der Waals surface area contributed by atoms with Gasteiger partial charge in [-0.05, 0) is 19.1 Å². The maximum Gasteiger partial charge on any atom is 0.158 e. The Morgan fingerprint density at radius 2 is 2.50 bits per heavy atom. The molecule has 0 saturated heterocycles. The maximum absolute atomic E-state index is 4.94. The summed E-state index contributed by atoms with van der Waals surface area (Å²) in [6.07, 6.45) is 0. The summed E-state index contributed by atoms with van der Waals surface area (Å²) < 4.78 is 5.68. The highest BCUT2D eigenvalue weighted by Crippen LogP contribution is 2.18. The lowest BCUT2D eigenvalue weighted by Gasteiger charge is -1.83. The van der Waals surface area contributed by atoms with Crippen LogP contribution in [-0.4, -0.2) is 10.1 Å². The van der Waals surface area contributed by atoms with Crippen LogP contribution in [0.5, 0.6) is 0 Å². The van der Waals surface area contributed by atoms with Crippen molar-refractivity contribution in [3.8, 4) is 11.4 Å². The van der Waals surface area contributed by atoms with Crippen molar-refractivity contribution in [1.82, 2.24) is 10.1 Å². The Hall–Kier alpha value is -0.940. The summed E-state index contributed by atoms with van der Waals surface area (Å²) in [7, 11) is 0. The minimum Gasteiger partial charge on any atom is -0.361 e. The van der Waals surface area contributed by atoms with Gasteiger partial charge in [0, 0.05) is 11.4 Å². The fourth-order valence-corrected chi connectivity index (χ4v) is 1.73. The molecule has 0 aliphatic heterocycles. The second-order valence-electron chi connectivity index (χ2n) is 2.38. The van der Waals surface area contributed by atoms with Gasteiger partial charge in [-0.1, -0.05) is 5.16 Å². The van der Waals surface area contributed by atoms with Gasteiger partial charge in [0.15, 0.2) is 3.95 Å². The molecule has 0 saturated carbocycles. The molecule has 2 aromatic heterocycles. The molecule has 0 aliphatic carbocycles. The Morgan fingerprint density at radius 1 is 1.67 bits per heavy atom. The van der Waals surface area contributed by atoms with Crippen LogP contribution in [0.15, 0.2) is 16.0 Å². The maximum atomic E-state index is 4.94. The van der Waals surface area contributed by atoms with Gasteiger partial charge >= 0.3 is 0 Å². The van der Waals surface area contributed by atoms with Gasteiger partial charge in [0.2, 0.25) is 0 Å². The Bertz CT molecular complexity index is 440. The van der Waals surface area contributed by atoms with E-state index in [0.717, 1.165) is 21.1 Å². The summed E-state index contributed by atoms with van der Waals surface area (Å²) in [5.41, 5.74) is 1.72. The molecule has 1 N–H and O–H groups in total. The Balaban J connectivity index is 2.50. The summed E-state index contributed by atoms with van der Waals surface area (Å²) in [6, 6.07) is 1.87. The molecule has 2 heterocycles. The smallest absolute Gasteiger partial charge is 0.158 e. The van der Waals surface area contributed by atoms with E-state index in [1.807, 2.05) is 18.4 Å². The lowest BCUT2D eigenvalue weighted by atomic mass is 10.3. The molecule has 0 radical (unpaired) electrons. The molecule has 3 nitrogen and oxygen atoms in total. The first-order valence-electron chi connectivity index (χ1n) is 3.37. The number of nitrogens with one attached hydrogen (secondary N) is 1. The van der Waals surface area contributed by atoms with E-state index in [4.69, 9.17) is 16.7 Å². The van der Waals surface area contributed by atoms with Gasteiger partial charge in [-0.3, -0.25) is 0 Å². The second kappa shape index (κ2) is 2.84. The zero-order valence-electron chi connectivity index (χ0n) is 6.33. The lowest BCUT2D eigenvalue weighted by Crippen LogP contribution is -1.73. The number of H-pyrrole nitrogens is 1. The molecule has 0 bridgehead atoms. The molecule has 0 atom stereocenters. The van der Waals surface area contributed by atoms with Crippen molar-refractivity contribution >= 4 is 23.6 Å². The number of nitrogens with zero attached hydrogens (tertiary/aromatic N) is 1. The van der Waals surface area contributed by atoms with E-state index in [9.17, 15) is 0 Å². The van der Waals surface area contributed by atoms with Gasteiger partial charge in [0.1, 0.15) is 11.5 Å². The van der Waals surface area contributed by atoms with Gasteiger partial charge in [-0.15, -0.1) is 11.3 Å². The van der Waals surface area contributed by atoms with Crippen molar-refractivity contribution in [2.75, 3.05) is 0 Å². The number of hydrogen-bond donors (Lipinski definition) is 1. The summed E-state index contributed by atoms with van der Waals surface area (Å²) in [4.78, 5) is 3.02. The molecule has 5 heteroatoms. The van der Waals surface area contributed by atoms with Crippen LogP contribution in [-0.2, 0) is 0 Å². The van der Waals surface area contributed by atoms with Crippen molar-refractivity contribution in [2.24, 2.45) is 0 Å². The van der Waals surface area contributed by atoms with E-state index >= 15 is 0 Å². The molecule has 12 heavy (non-hydrogen) atoms. The topological polar surface area (TPSA) is 41.8 Å². The van der Waals surface area contributed by atoms with Crippen LogP contribution in [0, 0.1) is 10.9 Å². The third kappa shape index (κ3) is 1.33. The second-order valence-corrected chi connectivity index (χ2v) is 3.93. The average molecular weight is 198 g/mol. The number of aryl methyl sites for hydroxylation is 1. The molecule has 0 unspecified atom stereocenters. The summed E-state index contributed by atoms with van der Waals surface area (Å²) in [5, 5.41) is 5.78. The van der Waals surface area contributed by atoms with Crippen LogP contribution in [0.4, 0.5) is 0 Å². The minimum absolute atomic E-state index is 0.755. The molecule has 62 valence electrons. The molecule has 0 fully saturated rings. The highest BCUT2D eigenvalue weighted by Gasteiger charge is 2.03. The quantitative estimate of drug-likeness (QED) is 0.716. The first kappa shape index (κ1) is 7.70. The molecular weight excluding hydrogens is 192 g/mol. The third-order valence-corrected chi connectivity index (χ3v) is 2.48. The van der Waals surface area contributed by atoms with Gasteiger partial charge < -0.3 is 9.51 Å². The number of rotatable bonds is 1. The predicted octanol–water partition coefficient (Wildman–Crippen LogP) is 2.77. The fraction of sp³-hybridized carbons (Fsp3) is 0.143. The molecular formula is C7H6N2OS2. The minimum atomic E-state index is 0.755. The van der Waals surface area contributed by atoms with Gasteiger partial charge in [0.25, 0.3) is 0 Å². The van der Waals surface area contributed by atoms with E-state index in [2.05, 4.69) is 10.1 Å². The van der Waals surface area contributed by atoms with Crippen LogP contribution in [0.1, 0.15) is 5.76 Å². The highest BCUT2D eigenvalue weighted by atomic mass is 32.1. The van der Waals surface area contributed by atoms with E-state index in [0.29, 0.717) is 0 Å². The molecule has 0 aliphatic rings. The molecule has 0 spiro atoms. The molecule has 2 rings (SSSR count). The summed E-state index contributed by atoms with van der Waals surface area (Å²) in [5.74, 6) is 0.801. The number of thiazole rings is 1. The Labute approximate surface area is 78.0 Å². The van der Waals surface area contributed by atoms with Crippen LogP contribution in [0.3, 0.4) is 0 Å². The molecule has 0 amide bonds. The molecule has 0 aromatic carbocycles. The standard InChI is InChI=1S/C7H6N2OS2/c1-4-2-5(9-10-4)6-3-12-7(11)8-6/h2-3H,1H3,(H,8,11). The van der Waals surface area contributed by atoms with Crippen molar-refractivity contribution < 1.29 is 4.52 Å². The van der Waals surface area contributed by atoms with Crippen LogP contribution < -0.4 is 0 Å². The first-order chi connectivity index (χ1) is 5.75. The number of aromatic nitrogens is 2. The largest absolute Gasteiger partial charge is 0.361 e. The van der Waals surface area contributed by atoms with E-state index in [1.165, 1.54) is 11.3 Å². The van der Waals surface area contributed by atoms with Crippen molar-refractivity contribution in [3.05, 3.63) is 21.2 Å². The Morgan fingerprint density at radius 3 is 3.00 bits per heavy atom. The third-order valence-electron chi connectivity index (χ3n) is 1.42. The highest BCUT2D eigenvalue weighted by molar-refractivity contribution is 7.73. The fourth-order valence-electron chi connectivity index (χ4n) is 0.899.